The van der Waals surface area contributed by atoms with Crippen LogP contribution in [0.4, 0.5) is 4.39 Å². The number of benzene rings is 2. The third-order valence-electron chi connectivity index (χ3n) is 3.59. The predicted molar refractivity (Wildman–Crippen MR) is 102 cm³/mol. The van der Waals surface area contributed by atoms with E-state index in [-0.39, 0.29) is 12.2 Å². The van der Waals surface area contributed by atoms with Crippen LogP contribution in [-0.4, -0.2) is 17.6 Å². The Hall–Kier alpha value is -2.63. The van der Waals surface area contributed by atoms with Crippen LogP contribution in [0, 0.1) is 5.82 Å². The monoisotopic (exact) mass is 405 g/mol. The Kier molecular flexibility index (Phi) is 5.94. The van der Waals surface area contributed by atoms with Gasteiger partial charge in [0, 0.05) is 16.7 Å². The van der Waals surface area contributed by atoms with Gasteiger partial charge in [-0.3, -0.25) is 0 Å². The molecular weight excluding hydrogens is 392 g/mol. The van der Waals surface area contributed by atoms with E-state index in [0.29, 0.717) is 32.9 Å². The van der Waals surface area contributed by atoms with Crippen molar-refractivity contribution in [1.29, 1.82) is 0 Å². The maximum absolute atomic E-state index is 13.9. The summed E-state index contributed by atoms with van der Waals surface area (Å²) >= 11 is 12.0. The zero-order valence-electron chi connectivity index (χ0n) is 14.2. The molecule has 0 unspecified atom stereocenters. The average Bonchev–Trinajstić information content (AvgIpc) is 2.65. The molecule has 0 spiro atoms. The molecule has 7 heteroatoms. The highest BCUT2D eigenvalue weighted by Gasteiger charge is 2.15. The number of hydrogen-bond donors (Lipinski definition) is 0. The van der Waals surface area contributed by atoms with E-state index in [0.717, 1.165) is 0 Å². The number of esters is 1. The Morgan fingerprint density at radius 2 is 1.93 bits per heavy atom. The van der Waals surface area contributed by atoms with E-state index in [2.05, 4.69) is 4.98 Å². The van der Waals surface area contributed by atoms with Crippen molar-refractivity contribution in [2.24, 2.45) is 0 Å². The smallest absolute Gasteiger partial charge is 0.341 e. The van der Waals surface area contributed by atoms with Gasteiger partial charge in [0.25, 0.3) is 0 Å². The van der Waals surface area contributed by atoms with E-state index >= 15 is 0 Å². The van der Waals surface area contributed by atoms with Crippen molar-refractivity contribution in [3.05, 3.63) is 76.0 Å². The third-order valence-corrected chi connectivity index (χ3v) is 4.12. The topological polar surface area (TPSA) is 48.4 Å². The number of nitrogens with zero attached hydrogens (tertiary/aromatic N) is 1. The maximum Gasteiger partial charge on any atom is 0.341 e. The Morgan fingerprint density at radius 1 is 1.11 bits per heavy atom. The van der Waals surface area contributed by atoms with Gasteiger partial charge in [-0.05, 0) is 49.4 Å². The molecule has 0 amide bonds. The third kappa shape index (κ3) is 4.56. The molecule has 2 aromatic carbocycles. The summed E-state index contributed by atoms with van der Waals surface area (Å²) in [5.41, 5.74) is 0.901. The van der Waals surface area contributed by atoms with E-state index in [1.807, 2.05) is 0 Å². The molecule has 0 aliphatic heterocycles. The molecule has 0 bridgehead atoms. The fourth-order valence-electron chi connectivity index (χ4n) is 2.35. The molecule has 0 fully saturated rings. The summed E-state index contributed by atoms with van der Waals surface area (Å²) in [4.78, 5) is 16.3. The van der Waals surface area contributed by atoms with Gasteiger partial charge in [-0.15, -0.1) is 0 Å². The highest BCUT2D eigenvalue weighted by atomic mass is 35.5. The summed E-state index contributed by atoms with van der Waals surface area (Å²) in [5.74, 6) is -0.689. The summed E-state index contributed by atoms with van der Waals surface area (Å²) < 4.78 is 24.5. The van der Waals surface area contributed by atoms with Gasteiger partial charge in [0.05, 0.1) is 22.9 Å². The Morgan fingerprint density at radius 3 is 2.67 bits per heavy atom. The average molecular weight is 406 g/mol. The minimum absolute atomic E-state index is 0.150. The standard InChI is InChI=1S/C20H14Cl2FNO3/c1-2-26-20(25)14-10-12(6-8-16(14)23)17-4-3-5-19(24-17)27-18-9-7-13(21)11-15(18)22/h3-11H,2H2,1H3. The van der Waals surface area contributed by atoms with Crippen LogP contribution in [0.5, 0.6) is 11.6 Å². The lowest BCUT2D eigenvalue weighted by atomic mass is 10.1. The van der Waals surface area contributed by atoms with E-state index in [1.54, 1.807) is 43.3 Å². The molecule has 0 saturated heterocycles. The van der Waals surface area contributed by atoms with Crippen LogP contribution >= 0.6 is 23.2 Å². The van der Waals surface area contributed by atoms with Crippen LogP contribution in [0.1, 0.15) is 17.3 Å². The molecule has 1 aromatic heterocycles. The Balaban J connectivity index is 1.91. The van der Waals surface area contributed by atoms with Crippen LogP contribution in [0.3, 0.4) is 0 Å². The zero-order chi connectivity index (χ0) is 19.4. The van der Waals surface area contributed by atoms with Gasteiger partial charge in [-0.25, -0.2) is 14.2 Å². The largest absolute Gasteiger partial charge is 0.462 e. The molecule has 3 aromatic rings. The van der Waals surface area contributed by atoms with Crippen LogP contribution in [0.15, 0.2) is 54.6 Å². The number of carbonyl (C=O) groups is 1. The summed E-state index contributed by atoms with van der Waals surface area (Å²) in [6, 6.07) is 14.1. The van der Waals surface area contributed by atoms with E-state index in [1.165, 1.54) is 18.2 Å². The molecule has 0 radical (unpaired) electrons. The summed E-state index contributed by atoms with van der Waals surface area (Å²) in [6.07, 6.45) is 0. The summed E-state index contributed by atoms with van der Waals surface area (Å²) in [5, 5.41) is 0.841. The summed E-state index contributed by atoms with van der Waals surface area (Å²) in [7, 11) is 0. The van der Waals surface area contributed by atoms with E-state index in [9.17, 15) is 9.18 Å². The SMILES string of the molecule is CCOC(=O)c1cc(-c2cccc(Oc3ccc(Cl)cc3Cl)n2)ccc1F. The minimum atomic E-state index is -0.725. The number of halogens is 3. The first-order valence-electron chi connectivity index (χ1n) is 8.05. The van der Waals surface area contributed by atoms with Crippen molar-refractivity contribution in [3.8, 4) is 22.9 Å². The number of rotatable bonds is 5. The molecular formula is C20H14Cl2FNO3. The first-order chi connectivity index (χ1) is 13.0. The number of ether oxygens (including phenoxy) is 2. The minimum Gasteiger partial charge on any atom is -0.462 e. The highest BCUT2D eigenvalue weighted by Crippen LogP contribution is 2.32. The molecule has 4 nitrogen and oxygen atoms in total. The molecule has 0 atom stereocenters. The van der Waals surface area contributed by atoms with E-state index in [4.69, 9.17) is 32.7 Å². The molecule has 138 valence electrons. The van der Waals surface area contributed by atoms with Crippen LogP contribution in [-0.2, 0) is 4.74 Å². The molecule has 0 aliphatic rings. The van der Waals surface area contributed by atoms with Crippen molar-refractivity contribution >= 4 is 29.2 Å². The molecule has 27 heavy (non-hydrogen) atoms. The highest BCUT2D eigenvalue weighted by molar-refractivity contribution is 6.35. The van der Waals surface area contributed by atoms with Crippen LogP contribution in [0.2, 0.25) is 10.0 Å². The molecule has 0 saturated carbocycles. The molecule has 1 heterocycles. The molecule has 0 aliphatic carbocycles. The second kappa shape index (κ2) is 8.37. The lowest BCUT2D eigenvalue weighted by molar-refractivity contribution is 0.0521. The van der Waals surface area contributed by atoms with Gasteiger partial charge in [0.15, 0.2) is 0 Å². The Labute approximate surface area is 165 Å². The van der Waals surface area contributed by atoms with Gasteiger partial charge in [0.2, 0.25) is 5.88 Å². The first kappa shape index (κ1) is 19.1. The van der Waals surface area contributed by atoms with Crippen molar-refractivity contribution in [3.63, 3.8) is 0 Å². The number of pyridine rings is 1. The van der Waals surface area contributed by atoms with Gasteiger partial charge in [0.1, 0.15) is 11.6 Å². The lowest BCUT2D eigenvalue weighted by Crippen LogP contribution is -2.07. The maximum atomic E-state index is 13.9. The molecule has 0 N–H and O–H groups in total. The van der Waals surface area contributed by atoms with Gasteiger partial charge in [-0.2, -0.15) is 0 Å². The van der Waals surface area contributed by atoms with Gasteiger partial charge >= 0.3 is 5.97 Å². The van der Waals surface area contributed by atoms with Crippen molar-refractivity contribution < 1.29 is 18.7 Å². The fraction of sp³-hybridized carbons (Fsp3) is 0.100. The summed E-state index contributed by atoms with van der Waals surface area (Å²) in [6.45, 7) is 1.82. The normalized spacial score (nSPS) is 10.5. The second-order valence-electron chi connectivity index (χ2n) is 5.45. The molecule has 3 rings (SSSR count). The Bertz CT molecular complexity index is 995. The zero-order valence-corrected chi connectivity index (χ0v) is 15.7. The van der Waals surface area contributed by atoms with Crippen molar-refractivity contribution in [2.75, 3.05) is 6.61 Å². The van der Waals surface area contributed by atoms with Crippen LogP contribution in [0.25, 0.3) is 11.3 Å². The van der Waals surface area contributed by atoms with Crippen molar-refractivity contribution in [1.82, 2.24) is 4.98 Å². The van der Waals surface area contributed by atoms with Gasteiger partial charge < -0.3 is 9.47 Å². The number of hydrogen-bond acceptors (Lipinski definition) is 4. The number of aromatic nitrogens is 1. The predicted octanol–water partition coefficient (Wildman–Crippen LogP) is 6.16. The van der Waals surface area contributed by atoms with Crippen molar-refractivity contribution in [2.45, 2.75) is 6.92 Å². The van der Waals surface area contributed by atoms with Gasteiger partial charge in [-0.1, -0.05) is 29.3 Å². The fourth-order valence-corrected chi connectivity index (χ4v) is 2.80. The number of carbonyl (C=O) groups excluding carboxylic acids is 1. The van der Waals surface area contributed by atoms with Crippen LogP contribution < -0.4 is 4.74 Å². The first-order valence-corrected chi connectivity index (χ1v) is 8.80. The second-order valence-corrected chi connectivity index (χ2v) is 6.30. The lowest BCUT2D eigenvalue weighted by Gasteiger charge is -2.09. The van der Waals surface area contributed by atoms with E-state index < -0.39 is 11.8 Å². The quantitative estimate of drug-likeness (QED) is 0.476.